The minimum absolute atomic E-state index is 0.281. The van der Waals surface area contributed by atoms with Crippen LogP contribution in [0.3, 0.4) is 0 Å². The van der Waals surface area contributed by atoms with Gasteiger partial charge in [-0.25, -0.2) is 0 Å². The van der Waals surface area contributed by atoms with Gasteiger partial charge in [0.1, 0.15) is 0 Å². The molecule has 2 aromatic rings. The number of carbonyl (C=O) groups excluding carboxylic acids is 2. The van der Waals surface area contributed by atoms with Crippen molar-refractivity contribution < 1.29 is 14.7 Å². The minimum atomic E-state index is -1.84. The van der Waals surface area contributed by atoms with Crippen LogP contribution in [-0.2, 0) is 10.4 Å². The number of aliphatic hydroxyl groups is 1. The summed E-state index contributed by atoms with van der Waals surface area (Å²) < 4.78 is 0.599. The molecule has 0 bridgehead atoms. The van der Waals surface area contributed by atoms with Crippen molar-refractivity contribution in [3.05, 3.63) is 64.1 Å². The number of benzene rings is 2. The summed E-state index contributed by atoms with van der Waals surface area (Å²) in [4.78, 5) is 24.5. The molecule has 0 spiro atoms. The zero-order chi connectivity index (χ0) is 15.0. The molecule has 2 N–H and O–H groups in total. The number of amides is 1. The van der Waals surface area contributed by atoms with Gasteiger partial charge >= 0.3 is 0 Å². The van der Waals surface area contributed by atoms with Crippen molar-refractivity contribution in [1.29, 1.82) is 0 Å². The molecule has 5 heteroatoms. The number of anilines is 1. The lowest BCUT2D eigenvalue weighted by molar-refractivity contribution is -0.133. The van der Waals surface area contributed by atoms with Gasteiger partial charge in [-0.3, -0.25) is 9.59 Å². The van der Waals surface area contributed by atoms with E-state index in [1.54, 1.807) is 48.5 Å². The van der Waals surface area contributed by atoms with E-state index in [4.69, 9.17) is 0 Å². The average molecular weight is 346 g/mol. The number of fused-ring (bicyclic) bond motifs is 1. The molecule has 2 aromatic carbocycles. The quantitative estimate of drug-likeness (QED) is 0.840. The van der Waals surface area contributed by atoms with E-state index in [2.05, 4.69) is 21.2 Å². The van der Waals surface area contributed by atoms with Crippen LogP contribution >= 0.6 is 15.9 Å². The topological polar surface area (TPSA) is 66.4 Å². The van der Waals surface area contributed by atoms with E-state index in [0.29, 0.717) is 21.3 Å². The molecular formula is C16H12BrNO3. The number of hydrogen-bond acceptors (Lipinski definition) is 3. The second kappa shape index (κ2) is 5.09. The molecule has 3 rings (SSSR count). The molecule has 21 heavy (non-hydrogen) atoms. The molecule has 0 fully saturated rings. The van der Waals surface area contributed by atoms with Gasteiger partial charge in [0.15, 0.2) is 11.4 Å². The Labute approximate surface area is 129 Å². The fourth-order valence-corrected chi connectivity index (χ4v) is 3.21. The van der Waals surface area contributed by atoms with Gasteiger partial charge in [0.05, 0.1) is 6.42 Å². The number of Topliss-reactive ketones (excluding diaryl/α,β-unsaturated/α-hetero) is 1. The van der Waals surface area contributed by atoms with Crippen molar-refractivity contribution >= 4 is 33.3 Å². The Hall–Kier alpha value is -1.98. The number of rotatable bonds is 3. The lowest BCUT2D eigenvalue weighted by atomic mass is 9.88. The van der Waals surface area contributed by atoms with Crippen LogP contribution in [0.25, 0.3) is 0 Å². The standard InChI is InChI=1S/C16H12BrNO3/c17-11-7-4-8-12-14(11)16(21,15(20)18-12)9-13(19)10-5-2-1-3-6-10/h1-8,21H,9H2,(H,18,20)/t16-/m1/s1. The second-order valence-corrected chi connectivity index (χ2v) is 5.80. The van der Waals surface area contributed by atoms with Gasteiger partial charge in [0.25, 0.3) is 5.91 Å². The van der Waals surface area contributed by atoms with E-state index in [0.717, 1.165) is 0 Å². The summed E-state index contributed by atoms with van der Waals surface area (Å²) in [6, 6.07) is 13.8. The summed E-state index contributed by atoms with van der Waals surface area (Å²) >= 11 is 3.33. The fraction of sp³-hybridized carbons (Fsp3) is 0.125. The summed E-state index contributed by atoms with van der Waals surface area (Å²) in [6.07, 6.45) is -0.293. The van der Waals surface area contributed by atoms with E-state index in [-0.39, 0.29) is 12.2 Å². The van der Waals surface area contributed by atoms with E-state index in [1.165, 1.54) is 0 Å². The highest BCUT2D eigenvalue weighted by atomic mass is 79.9. The molecule has 4 nitrogen and oxygen atoms in total. The second-order valence-electron chi connectivity index (χ2n) is 4.94. The predicted octanol–water partition coefficient (Wildman–Crippen LogP) is 2.86. The van der Waals surface area contributed by atoms with E-state index < -0.39 is 11.5 Å². The number of hydrogen-bond donors (Lipinski definition) is 2. The maximum atomic E-state index is 12.3. The predicted molar refractivity (Wildman–Crippen MR) is 82.1 cm³/mol. The molecule has 0 aromatic heterocycles. The van der Waals surface area contributed by atoms with Gasteiger partial charge in [-0.1, -0.05) is 52.3 Å². The molecule has 1 atom stereocenters. The Bertz CT molecular complexity index is 730. The Morgan fingerprint density at radius 1 is 1.14 bits per heavy atom. The first-order valence-corrected chi connectivity index (χ1v) is 7.23. The molecule has 106 valence electrons. The molecule has 1 aliphatic rings. The third-order valence-corrected chi connectivity index (χ3v) is 4.22. The summed E-state index contributed by atoms with van der Waals surface area (Å²) in [7, 11) is 0. The van der Waals surface area contributed by atoms with Crippen LogP contribution in [0.4, 0.5) is 5.69 Å². The maximum absolute atomic E-state index is 12.3. The van der Waals surface area contributed by atoms with Crippen LogP contribution in [0.15, 0.2) is 53.0 Å². The smallest absolute Gasteiger partial charge is 0.261 e. The van der Waals surface area contributed by atoms with Crippen LogP contribution in [0.5, 0.6) is 0 Å². The monoisotopic (exact) mass is 345 g/mol. The highest BCUT2D eigenvalue weighted by Crippen LogP contribution is 2.43. The van der Waals surface area contributed by atoms with E-state index >= 15 is 0 Å². The first-order chi connectivity index (χ1) is 10.0. The zero-order valence-electron chi connectivity index (χ0n) is 11.0. The Morgan fingerprint density at radius 3 is 2.57 bits per heavy atom. The van der Waals surface area contributed by atoms with E-state index in [9.17, 15) is 14.7 Å². The Morgan fingerprint density at radius 2 is 1.86 bits per heavy atom. The number of nitrogens with one attached hydrogen (secondary N) is 1. The third kappa shape index (κ3) is 2.28. The first-order valence-electron chi connectivity index (χ1n) is 6.43. The molecule has 0 aliphatic carbocycles. The van der Waals surface area contributed by atoms with Crippen molar-refractivity contribution in [2.45, 2.75) is 12.0 Å². The largest absolute Gasteiger partial charge is 0.375 e. The fourth-order valence-electron chi connectivity index (χ4n) is 2.52. The highest BCUT2D eigenvalue weighted by molar-refractivity contribution is 9.10. The molecule has 0 saturated heterocycles. The maximum Gasteiger partial charge on any atom is 0.261 e. The number of ketones is 1. The molecule has 1 heterocycles. The van der Waals surface area contributed by atoms with Crippen LogP contribution in [0.2, 0.25) is 0 Å². The number of halogens is 1. The van der Waals surface area contributed by atoms with Gasteiger partial charge in [-0.2, -0.15) is 0 Å². The van der Waals surface area contributed by atoms with Gasteiger partial charge in [0, 0.05) is 21.3 Å². The van der Waals surface area contributed by atoms with Crippen molar-refractivity contribution in [2.75, 3.05) is 5.32 Å². The summed E-state index contributed by atoms with van der Waals surface area (Å²) in [5.74, 6) is -0.856. The van der Waals surface area contributed by atoms with Crippen LogP contribution in [0.1, 0.15) is 22.3 Å². The van der Waals surface area contributed by atoms with Crippen molar-refractivity contribution in [2.24, 2.45) is 0 Å². The first kappa shape index (κ1) is 14.0. The van der Waals surface area contributed by atoms with Gasteiger partial charge in [-0.15, -0.1) is 0 Å². The van der Waals surface area contributed by atoms with Crippen molar-refractivity contribution in [3.63, 3.8) is 0 Å². The molecule has 1 aliphatic heterocycles. The van der Waals surface area contributed by atoms with Crippen molar-refractivity contribution in [3.8, 4) is 0 Å². The Kier molecular flexibility index (Phi) is 3.39. The Balaban J connectivity index is 1.99. The summed E-state index contributed by atoms with van der Waals surface area (Å²) in [5.41, 5.74) is -0.432. The average Bonchev–Trinajstić information content (AvgIpc) is 2.72. The van der Waals surface area contributed by atoms with Gasteiger partial charge in [0.2, 0.25) is 0 Å². The molecule has 1 amide bonds. The van der Waals surface area contributed by atoms with Crippen LogP contribution in [0, 0.1) is 0 Å². The summed E-state index contributed by atoms with van der Waals surface area (Å²) in [6.45, 7) is 0. The lowest BCUT2D eigenvalue weighted by Crippen LogP contribution is -2.36. The molecular weight excluding hydrogens is 334 g/mol. The minimum Gasteiger partial charge on any atom is -0.375 e. The van der Waals surface area contributed by atoms with E-state index in [1.807, 2.05) is 0 Å². The van der Waals surface area contributed by atoms with Gasteiger partial charge in [-0.05, 0) is 12.1 Å². The molecule has 0 unspecified atom stereocenters. The molecule has 0 saturated carbocycles. The highest BCUT2D eigenvalue weighted by Gasteiger charge is 2.48. The summed E-state index contributed by atoms with van der Waals surface area (Å²) in [5, 5.41) is 13.4. The third-order valence-electron chi connectivity index (χ3n) is 3.56. The molecule has 0 radical (unpaired) electrons. The number of carbonyl (C=O) groups is 2. The zero-order valence-corrected chi connectivity index (χ0v) is 12.6. The van der Waals surface area contributed by atoms with Gasteiger partial charge < -0.3 is 10.4 Å². The normalized spacial score (nSPS) is 20.0. The van der Waals surface area contributed by atoms with Crippen LogP contribution in [-0.4, -0.2) is 16.8 Å². The van der Waals surface area contributed by atoms with Crippen LogP contribution < -0.4 is 5.32 Å². The van der Waals surface area contributed by atoms with Crippen molar-refractivity contribution in [1.82, 2.24) is 0 Å². The lowest BCUT2D eigenvalue weighted by Gasteiger charge is -2.21. The SMILES string of the molecule is O=C(C[C@]1(O)C(=O)Nc2cccc(Br)c21)c1ccccc1.